The molecular formula is C25H30N2O2. The molecule has 1 heterocycles. The first kappa shape index (κ1) is 19.7. The molecule has 0 radical (unpaired) electrons. The molecular weight excluding hydrogens is 360 g/mol. The summed E-state index contributed by atoms with van der Waals surface area (Å²) in [6.07, 6.45) is 6.79. The summed E-state index contributed by atoms with van der Waals surface area (Å²) in [6, 6.07) is 15.8. The first-order chi connectivity index (χ1) is 14.1. The summed E-state index contributed by atoms with van der Waals surface area (Å²) < 4.78 is 0. The Bertz CT molecular complexity index is 866. The molecule has 2 amide bonds. The molecule has 2 aliphatic rings. The molecule has 152 valence electrons. The molecule has 4 nitrogen and oxygen atoms in total. The predicted molar refractivity (Wildman–Crippen MR) is 116 cm³/mol. The summed E-state index contributed by atoms with van der Waals surface area (Å²) in [5, 5.41) is 3.16. The Hall–Kier alpha value is -2.62. The lowest BCUT2D eigenvalue weighted by Crippen LogP contribution is -2.28. The van der Waals surface area contributed by atoms with E-state index in [9.17, 15) is 9.59 Å². The molecule has 2 aromatic rings. The number of carbonyl (C=O) groups excluding carboxylic acids is 2. The number of anilines is 1. The number of amides is 2. The number of hydrogen-bond donors (Lipinski definition) is 1. The first-order valence-electron chi connectivity index (χ1n) is 10.9. The van der Waals surface area contributed by atoms with Crippen molar-refractivity contribution in [2.24, 2.45) is 5.92 Å². The highest BCUT2D eigenvalue weighted by molar-refractivity contribution is 5.98. The lowest BCUT2D eigenvalue weighted by atomic mass is 9.84. The van der Waals surface area contributed by atoms with E-state index in [1.54, 1.807) is 0 Å². The molecule has 1 unspecified atom stereocenters. The molecule has 1 atom stereocenters. The van der Waals surface area contributed by atoms with Gasteiger partial charge in [0.15, 0.2) is 0 Å². The van der Waals surface area contributed by atoms with Gasteiger partial charge in [-0.3, -0.25) is 9.59 Å². The lowest BCUT2D eigenvalue weighted by Gasteiger charge is -2.24. The van der Waals surface area contributed by atoms with Gasteiger partial charge in [-0.2, -0.15) is 0 Å². The molecule has 1 saturated carbocycles. The standard InChI is InChI=1S/C25H30N2O2/c1-18-17-21(25(29)27-15-7-8-16-27)13-14-22(18)26-24(28)23(20-11-5-6-12-20)19-9-3-2-4-10-19/h2-4,9-10,13-14,17,20,23H,5-8,11-12,15-16H2,1H3,(H,26,28). The Morgan fingerprint density at radius 2 is 1.66 bits per heavy atom. The van der Waals surface area contributed by atoms with Gasteiger partial charge in [0.2, 0.25) is 5.91 Å². The van der Waals surface area contributed by atoms with Gasteiger partial charge in [0.25, 0.3) is 5.91 Å². The second-order valence-corrected chi connectivity index (χ2v) is 8.45. The molecule has 0 spiro atoms. The van der Waals surface area contributed by atoms with Gasteiger partial charge < -0.3 is 10.2 Å². The van der Waals surface area contributed by atoms with E-state index in [1.165, 1.54) is 12.8 Å². The number of nitrogens with one attached hydrogen (secondary N) is 1. The van der Waals surface area contributed by atoms with Crippen molar-refractivity contribution in [1.82, 2.24) is 4.90 Å². The van der Waals surface area contributed by atoms with E-state index in [-0.39, 0.29) is 17.7 Å². The van der Waals surface area contributed by atoms with Crippen molar-refractivity contribution in [2.45, 2.75) is 51.4 Å². The first-order valence-corrected chi connectivity index (χ1v) is 10.9. The highest BCUT2D eigenvalue weighted by atomic mass is 16.2. The SMILES string of the molecule is Cc1cc(C(=O)N2CCCC2)ccc1NC(=O)C(c1ccccc1)C1CCCC1. The smallest absolute Gasteiger partial charge is 0.253 e. The van der Waals surface area contributed by atoms with Crippen LogP contribution in [0.15, 0.2) is 48.5 Å². The largest absolute Gasteiger partial charge is 0.339 e. The number of nitrogens with zero attached hydrogens (tertiary/aromatic N) is 1. The fraction of sp³-hybridized carbons (Fsp3) is 0.440. The van der Waals surface area contributed by atoms with E-state index in [2.05, 4.69) is 17.4 Å². The third kappa shape index (κ3) is 4.36. The van der Waals surface area contributed by atoms with Crippen LogP contribution in [-0.2, 0) is 4.79 Å². The predicted octanol–water partition coefficient (Wildman–Crippen LogP) is 5.14. The van der Waals surface area contributed by atoms with E-state index < -0.39 is 0 Å². The molecule has 0 bridgehead atoms. The van der Waals surface area contributed by atoms with Crippen LogP contribution in [0.1, 0.15) is 65.9 Å². The average Bonchev–Trinajstić information content (AvgIpc) is 3.44. The molecule has 1 aliphatic carbocycles. The third-order valence-electron chi connectivity index (χ3n) is 6.44. The maximum atomic E-state index is 13.3. The van der Waals surface area contributed by atoms with Crippen molar-refractivity contribution in [3.05, 3.63) is 65.2 Å². The Balaban J connectivity index is 1.52. The molecule has 2 fully saturated rings. The summed E-state index contributed by atoms with van der Waals surface area (Å²) in [7, 11) is 0. The van der Waals surface area contributed by atoms with Crippen LogP contribution in [0.25, 0.3) is 0 Å². The minimum Gasteiger partial charge on any atom is -0.339 e. The zero-order valence-electron chi connectivity index (χ0n) is 17.2. The van der Waals surface area contributed by atoms with Crippen LogP contribution in [0.2, 0.25) is 0 Å². The number of aryl methyl sites for hydroxylation is 1. The fourth-order valence-corrected chi connectivity index (χ4v) is 4.84. The van der Waals surface area contributed by atoms with E-state index >= 15 is 0 Å². The molecule has 2 aromatic carbocycles. The Kier molecular flexibility index (Phi) is 5.98. The van der Waals surface area contributed by atoms with Gasteiger partial charge in [-0.1, -0.05) is 43.2 Å². The van der Waals surface area contributed by atoms with Crippen molar-refractivity contribution in [1.29, 1.82) is 0 Å². The normalized spacial score (nSPS) is 18.0. The van der Waals surface area contributed by atoms with Gasteiger partial charge in [-0.05, 0) is 67.9 Å². The van der Waals surface area contributed by atoms with Crippen LogP contribution >= 0.6 is 0 Å². The topological polar surface area (TPSA) is 49.4 Å². The van der Waals surface area contributed by atoms with Crippen LogP contribution < -0.4 is 5.32 Å². The molecule has 1 aliphatic heterocycles. The van der Waals surface area contributed by atoms with E-state index in [0.29, 0.717) is 11.5 Å². The number of rotatable bonds is 5. The Morgan fingerprint density at radius 3 is 2.31 bits per heavy atom. The van der Waals surface area contributed by atoms with E-state index in [1.807, 2.05) is 48.2 Å². The minimum atomic E-state index is -0.121. The minimum absolute atomic E-state index is 0.0600. The summed E-state index contributed by atoms with van der Waals surface area (Å²) in [5.41, 5.74) is 3.53. The maximum absolute atomic E-state index is 13.3. The monoisotopic (exact) mass is 390 g/mol. The van der Waals surface area contributed by atoms with Crippen LogP contribution in [0.3, 0.4) is 0 Å². The van der Waals surface area contributed by atoms with Gasteiger partial charge in [0.05, 0.1) is 5.92 Å². The van der Waals surface area contributed by atoms with E-state index in [4.69, 9.17) is 0 Å². The fourth-order valence-electron chi connectivity index (χ4n) is 4.84. The van der Waals surface area contributed by atoms with Crippen molar-refractivity contribution in [2.75, 3.05) is 18.4 Å². The second-order valence-electron chi connectivity index (χ2n) is 8.45. The number of benzene rings is 2. The van der Waals surface area contributed by atoms with Gasteiger partial charge in [-0.25, -0.2) is 0 Å². The van der Waals surface area contributed by atoms with Crippen molar-refractivity contribution >= 4 is 17.5 Å². The van der Waals surface area contributed by atoms with Crippen molar-refractivity contribution in [3.63, 3.8) is 0 Å². The number of likely N-dealkylation sites (tertiary alicyclic amines) is 1. The van der Waals surface area contributed by atoms with Crippen LogP contribution in [0.5, 0.6) is 0 Å². The molecule has 4 rings (SSSR count). The zero-order chi connectivity index (χ0) is 20.2. The highest BCUT2D eigenvalue weighted by Crippen LogP contribution is 2.38. The van der Waals surface area contributed by atoms with Gasteiger partial charge in [-0.15, -0.1) is 0 Å². The van der Waals surface area contributed by atoms with Crippen LogP contribution in [0, 0.1) is 12.8 Å². The van der Waals surface area contributed by atoms with Crippen molar-refractivity contribution < 1.29 is 9.59 Å². The zero-order valence-corrected chi connectivity index (χ0v) is 17.2. The number of hydrogen-bond acceptors (Lipinski definition) is 2. The van der Waals surface area contributed by atoms with Crippen molar-refractivity contribution in [3.8, 4) is 0 Å². The highest BCUT2D eigenvalue weighted by Gasteiger charge is 2.32. The molecule has 4 heteroatoms. The Morgan fingerprint density at radius 1 is 0.966 bits per heavy atom. The van der Waals surface area contributed by atoms with Crippen LogP contribution in [-0.4, -0.2) is 29.8 Å². The maximum Gasteiger partial charge on any atom is 0.253 e. The van der Waals surface area contributed by atoms with Gasteiger partial charge in [0, 0.05) is 24.3 Å². The summed E-state index contributed by atoms with van der Waals surface area (Å²) >= 11 is 0. The summed E-state index contributed by atoms with van der Waals surface area (Å²) in [4.78, 5) is 27.8. The summed E-state index contributed by atoms with van der Waals surface area (Å²) in [5.74, 6) is 0.430. The second kappa shape index (κ2) is 8.81. The molecule has 1 saturated heterocycles. The quantitative estimate of drug-likeness (QED) is 0.768. The summed E-state index contributed by atoms with van der Waals surface area (Å²) in [6.45, 7) is 3.65. The van der Waals surface area contributed by atoms with Gasteiger partial charge >= 0.3 is 0 Å². The third-order valence-corrected chi connectivity index (χ3v) is 6.44. The van der Waals surface area contributed by atoms with Gasteiger partial charge in [0.1, 0.15) is 0 Å². The van der Waals surface area contributed by atoms with Crippen LogP contribution in [0.4, 0.5) is 5.69 Å². The Labute approximate surface area is 173 Å². The lowest BCUT2D eigenvalue weighted by molar-refractivity contribution is -0.118. The molecule has 0 aromatic heterocycles. The molecule has 1 N–H and O–H groups in total. The molecule has 29 heavy (non-hydrogen) atoms. The van der Waals surface area contributed by atoms with E-state index in [0.717, 1.165) is 55.6 Å². The number of carbonyl (C=O) groups is 2. The average molecular weight is 391 g/mol.